The van der Waals surface area contributed by atoms with Gasteiger partial charge < -0.3 is 9.80 Å². The zero-order valence-electron chi connectivity index (χ0n) is 14.0. The van der Waals surface area contributed by atoms with Crippen LogP contribution in [0.15, 0.2) is 46.5 Å². The second-order valence-electron chi connectivity index (χ2n) is 6.12. The Bertz CT molecular complexity index is 864. The molecule has 1 aromatic carbocycles. The Balaban J connectivity index is 1.42. The fourth-order valence-corrected chi connectivity index (χ4v) is 4.57. The number of nitrogens with zero attached hydrogens (tertiary/aromatic N) is 3. The standard InChI is InChI=1S/C19H19N3OS2/c1-14-4-2-3-5-16(14)18(23)21-7-9-22(10-8-21)19-20-17(13-25-19)15-6-11-24-12-15/h2-6,11-13H,7-10H2,1H3. The van der Waals surface area contributed by atoms with Gasteiger partial charge in [-0.1, -0.05) is 18.2 Å². The number of piperazine rings is 1. The molecule has 4 nitrogen and oxygen atoms in total. The van der Waals surface area contributed by atoms with Gasteiger partial charge in [-0.05, 0) is 30.0 Å². The third-order valence-corrected chi connectivity index (χ3v) is 6.11. The minimum Gasteiger partial charge on any atom is -0.345 e. The Hall–Kier alpha value is -2.18. The van der Waals surface area contributed by atoms with Crippen LogP contribution in [0, 0.1) is 6.92 Å². The topological polar surface area (TPSA) is 36.4 Å². The maximum atomic E-state index is 12.7. The molecule has 1 aliphatic heterocycles. The van der Waals surface area contributed by atoms with E-state index in [4.69, 9.17) is 4.98 Å². The molecule has 0 aliphatic carbocycles. The van der Waals surface area contributed by atoms with Crippen molar-refractivity contribution in [3.63, 3.8) is 0 Å². The van der Waals surface area contributed by atoms with Gasteiger partial charge in [0.15, 0.2) is 5.13 Å². The number of aromatic nitrogens is 1. The number of thiophene rings is 1. The molecule has 128 valence electrons. The fraction of sp³-hybridized carbons (Fsp3) is 0.263. The molecule has 0 saturated carbocycles. The summed E-state index contributed by atoms with van der Waals surface area (Å²) in [7, 11) is 0. The molecular weight excluding hydrogens is 350 g/mol. The minimum atomic E-state index is 0.135. The van der Waals surface area contributed by atoms with Gasteiger partial charge in [0.25, 0.3) is 5.91 Å². The molecule has 3 aromatic rings. The second-order valence-corrected chi connectivity index (χ2v) is 7.74. The largest absolute Gasteiger partial charge is 0.345 e. The van der Waals surface area contributed by atoms with E-state index in [2.05, 4.69) is 27.1 Å². The first-order chi connectivity index (χ1) is 12.2. The Morgan fingerprint density at radius 1 is 1.08 bits per heavy atom. The van der Waals surface area contributed by atoms with Gasteiger partial charge in [-0.25, -0.2) is 4.98 Å². The summed E-state index contributed by atoms with van der Waals surface area (Å²) in [4.78, 5) is 21.7. The van der Waals surface area contributed by atoms with Crippen LogP contribution in [0.25, 0.3) is 11.3 Å². The van der Waals surface area contributed by atoms with E-state index in [0.717, 1.165) is 48.1 Å². The van der Waals surface area contributed by atoms with Crippen molar-refractivity contribution in [2.75, 3.05) is 31.1 Å². The van der Waals surface area contributed by atoms with Crippen molar-refractivity contribution in [1.82, 2.24) is 9.88 Å². The summed E-state index contributed by atoms with van der Waals surface area (Å²) in [6.45, 7) is 5.12. The highest BCUT2D eigenvalue weighted by molar-refractivity contribution is 7.14. The molecule has 0 N–H and O–H groups in total. The summed E-state index contributed by atoms with van der Waals surface area (Å²) in [5, 5.41) is 7.36. The number of benzene rings is 1. The quantitative estimate of drug-likeness (QED) is 0.696. The zero-order chi connectivity index (χ0) is 17.2. The molecule has 1 aliphatic rings. The third-order valence-electron chi connectivity index (χ3n) is 4.52. The number of hydrogen-bond acceptors (Lipinski definition) is 5. The number of carbonyl (C=O) groups excluding carboxylic acids is 1. The molecule has 1 amide bonds. The van der Waals surface area contributed by atoms with Crippen LogP contribution in [0.1, 0.15) is 15.9 Å². The second kappa shape index (κ2) is 6.98. The van der Waals surface area contributed by atoms with E-state index in [1.165, 1.54) is 5.56 Å². The number of thiazole rings is 1. The van der Waals surface area contributed by atoms with E-state index < -0.39 is 0 Å². The number of hydrogen-bond donors (Lipinski definition) is 0. The lowest BCUT2D eigenvalue weighted by atomic mass is 10.1. The van der Waals surface area contributed by atoms with E-state index in [1.54, 1.807) is 22.7 Å². The summed E-state index contributed by atoms with van der Waals surface area (Å²) in [6.07, 6.45) is 0. The Morgan fingerprint density at radius 3 is 2.60 bits per heavy atom. The van der Waals surface area contributed by atoms with Crippen LogP contribution < -0.4 is 4.90 Å². The first-order valence-electron chi connectivity index (χ1n) is 8.30. The summed E-state index contributed by atoms with van der Waals surface area (Å²) >= 11 is 3.37. The van der Waals surface area contributed by atoms with Crippen molar-refractivity contribution in [3.8, 4) is 11.3 Å². The number of carbonyl (C=O) groups is 1. The van der Waals surface area contributed by atoms with Crippen LogP contribution in [0.4, 0.5) is 5.13 Å². The van der Waals surface area contributed by atoms with Gasteiger partial charge in [-0.15, -0.1) is 11.3 Å². The predicted octanol–water partition coefficient (Wildman–Crippen LogP) is 4.14. The van der Waals surface area contributed by atoms with Crippen LogP contribution >= 0.6 is 22.7 Å². The summed E-state index contributed by atoms with van der Waals surface area (Å²) in [5.41, 5.74) is 4.07. The number of aryl methyl sites for hydroxylation is 1. The average molecular weight is 370 g/mol. The maximum absolute atomic E-state index is 12.7. The summed E-state index contributed by atoms with van der Waals surface area (Å²) in [5.74, 6) is 0.135. The van der Waals surface area contributed by atoms with Gasteiger partial charge >= 0.3 is 0 Å². The van der Waals surface area contributed by atoms with E-state index in [9.17, 15) is 4.79 Å². The normalized spacial score (nSPS) is 14.8. The molecule has 0 radical (unpaired) electrons. The van der Waals surface area contributed by atoms with Crippen molar-refractivity contribution in [2.45, 2.75) is 6.92 Å². The van der Waals surface area contributed by atoms with Crippen LogP contribution in [0.3, 0.4) is 0 Å². The number of rotatable bonds is 3. The van der Waals surface area contributed by atoms with Crippen LogP contribution in [-0.4, -0.2) is 42.0 Å². The lowest BCUT2D eigenvalue weighted by Gasteiger charge is -2.34. The lowest BCUT2D eigenvalue weighted by molar-refractivity contribution is 0.0746. The molecule has 2 aromatic heterocycles. The summed E-state index contributed by atoms with van der Waals surface area (Å²) in [6, 6.07) is 9.90. The highest BCUT2D eigenvalue weighted by Crippen LogP contribution is 2.29. The molecule has 0 unspecified atom stereocenters. The van der Waals surface area contributed by atoms with E-state index in [0.29, 0.717) is 0 Å². The predicted molar refractivity (Wildman–Crippen MR) is 105 cm³/mol. The van der Waals surface area contributed by atoms with Gasteiger partial charge in [-0.3, -0.25) is 4.79 Å². The van der Waals surface area contributed by atoms with Gasteiger partial charge in [0, 0.05) is 48.1 Å². The van der Waals surface area contributed by atoms with Gasteiger partial charge in [0.2, 0.25) is 0 Å². The van der Waals surface area contributed by atoms with Gasteiger partial charge in [-0.2, -0.15) is 11.3 Å². The molecule has 1 fully saturated rings. The highest BCUT2D eigenvalue weighted by atomic mass is 32.1. The first kappa shape index (κ1) is 16.3. The van der Waals surface area contributed by atoms with Crippen molar-refractivity contribution >= 4 is 33.7 Å². The fourth-order valence-electron chi connectivity index (χ4n) is 3.04. The van der Waals surface area contributed by atoms with Crippen molar-refractivity contribution in [1.29, 1.82) is 0 Å². The Labute approximate surface area is 155 Å². The van der Waals surface area contributed by atoms with Gasteiger partial charge in [0.1, 0.15) is 0 Å². The van der Waals surface area contributed by atoms with Crippen LogP contribution in [-0.2, 0) is 0 Å². The molecule has 0 bridgehead atoms. The molecule has 0 atom stereocenters. The van der Waals surface area contributed by atoms with Crippen molar-refractivity contribution in [2.24, 2.45) is 0 Å². The molecule has 3 heterocycles. The molecule has 25 heavy (non-hydrogen) atoms. The monoisotopic (exact) mass is 369 g/mol. The van der Waals surface area contributed by atoms with E-state index >= 15 is 0 Å². The summed E-state index contributed by atoms with van der Waals surface area (Å²) < 4.78 is 0. The molecular formula is C19H19N3OS2. The first-order valence-corrected chi connectivity index (χ1v) is 10.1. The molecule has 6 heteroatoms. The number of amides is 1. The Morgan fingerprint density at radius 2 is 1.88 bits per heavy atom. The lowest BCUT2D eigenvalue weighted by Crippen LogP contribution is -2.48. The molecule has 1 saturated heterocycles. The minimum absolute atomic E-state index is 0.135. The number of anilines is 1. The smallest absolute Gasteiger partial charge is 0.254 e. The van der Waals surface area contributed by atoms with Crippen molar-refractivity contribution in [3.05, 3.63) is 57.6 Å². The Kier molecular flexibility index (Phi) is 4.55. The molecule has 0 spiro atoms. The highest BCUT2D eigenvalue weighted by Gasteiger charge is 2.24. The van der Waals surface area contributed by atoms with E-state index in [-0.39, 0.29) is 5.91 Å². The van der Waals surface area contributed by atoms with Crippen molar-refractivity contribution < 1.29 is 4.79 Å². The van der Waals surface area contributed by atoms with Crippen LogP contribution in [0.5, 0.6) is 0 Å². The maximum Gasteiger partial charge on any atom is 0.254 e. The third kappa shape index (κ3) is 3.32. The van der Waals surface area contributed by atoms with Crippen LogP contribution in [0.2, 0.25) is 0 Å². The zero-order valence-corrected chi connectivity index (χ0v) is 15.6. The van der Waals surface area contributed by atoms with E-state index in [1.807, 2.05) is 36.1 Å². The average Bonchev–Trinajstić information content (AvgIpc) is 3.33. The SMILES string of the molecule is Cc1ccccc1C(=O)N1CCN(c2nc(-c3ccsc3)cs2)CC1. The van der Waals surface area contributed by atoms with Gasteiger partial charge in [0.05, 0.1) is 5.69 Å². The molecule has 4 rings (SSSR count).